The van der Waals surface area contributed by atoms with Crippen molar-refractivity contribution in [3.8, 4) is 11.5 Å². The molecule has 5 nitrogen and oxygen atoms in total. The predicted octanol–water partition coefficient (Wildman–Crippen LogP) is 1.22. The number of aliphatic hydroxyl groups is 1. The van der Waals surface area contributed by atoms with Crippen molar-refractivity contribution in [1.82, 2.24) is 4.57 Å². The molecule has 1 aliphatic rings. The number of benzene rings is 1. The minimum Gasteiger partial charge on any atom is -0.486 e. The van der Waals surface area contributed by atoms with Crippen LogP contribution in [0.25, 0.3) is 10.9 Å². The Morgan fingerprint density at radius 2 is 2.00 bits per heavy atom. The monoisotopic (exact) mass is 247 g/mol. The van der Waals surface area contributed by atoms with Crippen LogP contribution in [0.15, 0.2) is 18.3 Å². The Hall–Kier alpha value is -2.01. The number of aromatic nitrogens is 1. The molecular weight excluding hydrogens is 234 g/mol. The van der Waals surface area contributed by atoms with E-state index in [2.05, 4.69) is 0 Å². The van der Waals surface area contributed by atoms with E-state index in [0.717, 1.165) is 17.2 Å². The van der Waals surface area contributed by atoms with Crippen LogP contribution in [-0.4, -0.2) is 35.8 Å². The molecule has 3 rings (SSSR count). The summed E-state index contributed by atoms with van der Waals surface area (Å²) in [5.74, 6) is 1.35. The molecule has 2 heterocycles. The fourth-order valence-corrected chi connectivity index (χ4v) is 2.24. The molecule has 0 fully saturated rings. The number of aliphatic hydroxyl groups excluding tert-OH is 1. The Morgan fingerprint density at radius 3 is 2.67 bits per heavy atom. The Balaban J connectivity index is 2.23. The zero-order chi connectivity index (χ0) is 12.5. The van der Waals surface area contributed by atoms with Gasteiger partial charge in [0.15, 0.2) is 17.8 Å². The van der Waals surface area contributed by atoms with Crippen LogP contribution in [0.4, 0.5) is 0 Å². The summed E-state index contributed by atoms with van der Waals surface area (Å²) in [6, 6.07) is 3.67. The van der Waals surface area contributed by atoms with Crippen LogP contribution in [0, 0.1) is 0 Å². The van der Waals surface area contributed by atoms with Crippen LogP contribution < -0.4 is 9.47 Å². The molecule has 1 aliphatic heterocycles. The van der Waals surface area contributed by atoms with Gasteiger partial charge in [0.05, 0.1) is 12.1 Å². The summed E-state index contributed by atoms with van der Waals surface area (Å²) in [4.78, 5) is 11.1. The van der Waals surface area contributed by atoms with Gasteiger partial charge in [-0.25, -0.2) is 0 Å². The standard InChI is InChI=1S/C13H13NO4/c15-2-1-14-7-9(8-16)10-5-12-13(6-11(10)14)18-4-3-17-12/h5-8,15H,1-4H2. The summed E-state index contributed by atoms with van der Waals surface area (Å²) in [5.41, 5.74) is 1.46. The van der Waals surface area contributed by atoms with Gasteiger partial charge in [-0.05, 0) is 6.07 Å². The molecule has 0 aliphatic carbocycles. The molecule has 0 unspecified atom stereocenters. The number of ether oxygens (including phenoxy) is 2. The van der Waals surface area contributed by atoms with E-state index in [1.807, 2.05) is 16.7 Å². The highest BCUT2D eigenvalue weighted by atomic mass is 16.6. The topological polar surface area (TPSA) is 60.7 Å². The summed E-state index contributed by atoms with van der Waals surface area (Å²) in [7, 11) is 0. The minimum atomic E-state index is 0.0243. The third kappa shape index (κ3) is 1.64. The number of carbonyl (C=O) groups excluding carboxylic acids is 1. The number of nitrogens with zero attached hydrogens (tertiary/aromatic N) is 1. The van der Waals surface area contributed by atoms with Crippen molar-refractivity contribution in [2.75, 3.05) is 19.8 Å². The van der Waals surface area contributed by atoms with Crippen LogP contribution in [0.5, 0.6) is 11.5 Å². The molecule has 0 saturated carbocycles. The van der Waals surface area contributed by atoms with Crippen molar-refractivity contribution < 1.29 is 19.4 Å². The second-order valence-corrected chi connectivity index (χ2v) is 4.13. The average molecular weight is 247 g/mol. The van der Waals surface area contributed by atoms with Gasteiger partial charge in [-0.1, -0.05) is 0 Å². The van der Waals surface area contributed by atoms with Crippen molar-refractivity contribution in [2.45, 2.75) is 6.54 Å². The molecular formula is C13H13NO4. The summed E-state index contributed by atoms with van der Waals surface area (Å²) in [5, 5.41) is 9.86. The Morgan fingerprint density at radius 1 is 1.28 bits per heavy atom. The van der Waals surface area contributed by atoms with Crippen LogP contribution in [0.2, 0.25) is 0 Å². The molecule has 94 valence electrons. The molecule has 5 heteroatoms. The van der Waals surface area contributed by atoms with Gasteiger partial charge in [0.1, 0.15) is 13.2 Å². The summed E-state index contributed by atoms with van der Waals surface area (Å²) < 4.78 is 12.9. The molecule has 0 amide bonds. The second kappa shape index (κ2) is 4.34. The first-order valence-corrected chi connectivity index (χ1v) is 5.82. The molecule has 0 spiro atoms. The first-order valence-electron chi connectivity index (χ1n) is 5.82. The van der Waals surface area contributed by atoms with E-state index in [9.17, 15) is 4.79 Å². The van der Waals surface area contributed by atoms with Crippen LogP contribution in [0.1, 0.15) is 10.4 Å². The summed E-state index contributed by atoms with van der Waals surface area (Å²) >= 11 is 0. The normalized spacial score (nSPS) is 13.8. The van der Waals surface area contributed by atoms with Crippen molar-refractivity contribution >= 4 is 17.2 Å². The molecule has 0 radical (unpaired) electrons. The zero-order valence-electron chi connectivity index (χ0n) is 9.76. The van der Waals surface area contributed by atoms with Crippen molar-refractivity contribution in [3.05, 3.63) is 23.9 Å². The SMILES string of the molecule is O=Cc1cn(CCO)c2cc3c(cc12)OCCO3. The maximum Gasteiger partial charge on any atom is 0.163 e. The molecule has 1 aromatic heterocycles. The summed E-state index contributed by atoms with van der Waals surface area (Å²) in [6.45, 7) is 1.52. The maximum atomic E-state index is 11.1. The quantitative estimate of drug-likeness (QED) is 0.828. The third-order valence-corrected chi connectivity index (χ3v) is 3.04. The van der Waals surface area contributed by atoms with E-state index >= 15 is 0 Å². The highest BCUT2D eigenvalue weighted by molar-refractivity contribution is 5.99. The van der Waals surface area contributed by atoms with Crippen molar-refractivity contribution in [3.63, 3.8) is 0 Å². The first-order chi connectivity index (χ1) is 8.83. The van der Waals surface area contributed by atoms with E-state index in [-0.39, 0.29) is 6.61 Å². The van der Waals surface area contributed by atoms with E-state index < -0.39 is 0 Å². The van der Waals surface area contributed by atoms with E-state index in [1.54, 1.807) is 6.20 Å². The number of aldehydes is 1. The van der Waals surface area contributed by atoms with E-state index in [0.29, 0.717) is 36.8 Å². The largest absolute Gasteiger partial charge is 0.486 e. The fourth-order valence-electron chi connectivity index (χ4n) is 2.24. The van der Waals surface area contributed by atoms with Gasteiger partial charge in [-0.2, -0.15) is 0 Å². The average Bonchev–Trinajstić information content (AvgIpc) is 2.74. The van der Waals surface area contributed by atoms with Gasteiger partial charge in [0, 0.05) is 29.8 Å². The predicted molar refractivity (Wildman–Crippen MR) is 65.4 cm³/mol. The summed E-state index contributed by atoms with van der Waals surface area (Å²) in [6.07, 6.45) is 2.55. The first kappa shape index (κ1) is 11.1. The highest BCUT2D eigenvalue weighted by Gasteiger charge is 2.16. The third-order valence-electron chi connectivity index (χ3n) is 3.04. The number of hydrogen-bond acceptors (Lipinski definition) is 4. The lowest BCUT2D eigenvalue weighted by molar-refractivity contribution is 0.112. The lowest BCUT2D eigenvalue weighted by atomic mass is 10.1. The van der Waals surface area contributed by atoms with Crippen LogP contribution in [0.3, 0.4) is 0 Å². The molecule has 1 N–H and O–H groups in total. The van der Waals surface area contributed by atoms with Crippen molar-refractivity contribution in [2.24, 2.45) is 0 Å². The van der Waals surface area contributed by atoms with Gasteiger partial charge in [-0.3, -0.25) is 4.79 Å². The molecule has 1 aromatic carbocycles. The number of carbonyl (C=O) groups is 1. The Kier molecular flexibility index (Phi) is 2.68. The maximum absolute atomic E-state index is 11.1. The number of fused-ring (bicyclic) bond motifs is 2. The molecule has 0 atom stereocenters. The van der Waals surface area contributed by atoms with Crippen LogP contribution in [-0.2, 0) is 6.54 Å². The lowest BCUT2D eigenvalue weighted by Gasteiger charge is -2.18. The minimum absolute atomic E-state index is 0.0243. The number of hydrogen-bond donors (Lipinski definition) is 1. The van der Waals surface area contributed by atoms with Gasteiger partial charge < -0.3 is 19.1 Å². The Bertz CT molecular complexity index is 603. The van der Waals surface area contributed by atoms with Gasteiger partial charge in [0.2, 0.25) is 0 Å². The van der Waals surface area contributed by atoms with Gasteiger partial charge >= 0.3 is 0 Å². The van der Waals surface area contributed by atoms with Crippen molar-refractivity contribution in [1.29, 1.82) is 0 Å². The smallest absolute Gasteiger partial charge is 0.163 e. The fraction of sp³-hybridized carbons (Fsp3) is 0.308. The van der Waals surface area contributed by atoms with E-state index in [4.69, 9.17) is 14.6 Å². The number of rotatable bonds is 3. The Labute approximate surface area is 104 Å². The van der Waals surface area contributed by atoms with Gasteiger partial charge in [0.25, 0.3) is 0 Å². The zero-order valence-corrected chi connectivity index (χ0v) is 9.76. The van der Waals surface area contributed by atoms with Gasteiger partial charge in [-0.15, -0.1) is 0 Å². The molecule has 0 saturated heterocycles. The molecule has 18 heavy (non-hydrogen) atoms. The van der Waals surface area contributed by atoms with Crippen LogP contribution >= 0.6 is 0 Å². The molecule has 0 bridgehead atoms. The molecule has 2 aromatic rings. The van der Waals surface area contributed by atoms with E-state index in [1.165, 1.54) is 0 Å². The highest BCUT2D eigenvalue weighted by Crippen LogP contribution is 2.36. The lowest BCUT2D eigenvalue weighted by Crippen LogP contribution is -2.15. The second-order valence-electron chi connectivity index (χ2n) is 4.13.